The minimum absolute atomic E-state index is 0.157. The van der Waals surface area contributed by atoms with Crippen molar-refractivity contribution < 1.29 is 13.6 Å². The number of aryl methyl sites for hydroxylation is 1. The fourth-order valence-electron chi connectivity index (χ4n) is 2.35. The molecule has 3 rings (SSSR count). The van der Waals surface area contributed by atoms with Gasteiger partial charge >= 0.3 is 0 Å². The molecular formula is C17H15F2N3O. The standard InChI is InChI=1S/C17H15F2N3O/c18-11-7-8-12(13(19)10-11)17(23)20-9-3-6-16-21-14-4-1-2-5-15(14)22-16/h1-2,4-5,7-8,10H,3,6,9H2,(H,20,23)(H,21,22). The molecule has 3 aromatic rings. The molecule has 1 aromatic heterocycles. The van der Waals surface area contributed by atoms with Gasteiger partial charge in [0.25, 0.3) is 5.91 Å². The number of halogens is 2. The molecule has 0 aliphatic rings. The number of carbonyl (C=O) groups excluding carboxylic acids is 1. The van der Waals surface area contributed by atoms with E-state index in [0.717, 1.165) is 29.0 Å². The number of aromatic amines is 1. The Morgan fingerprint density at radius 2 is 2.00 bits per heavy atom. The minimum Gasteiger partial charge on any atom is -0.352 e. The van der Waals surface area contributed by atoms with Crippen LogP contribution in [-0.2, 0) is 6.42 Å². The van der Waals surface area contributed by atoms with Crippen LogP contribution in [0.4, 0.5) is 8.78 Å². The van der Waals surface area contributed by atoms with E-state index < -0.39 is 17.5 Å². The van der Waals surface area contributed by atoms with E-state index >= 15 is 0 Å². The van der Waals surface area contributed by atoms with Crippen LogP contribution in [-0.4, -0.2) is 22.4 Å². The predicted molar refractivity (Wildman–Crippen MR) is 83.1 cm³/mol. The number of hydrogen-bond acceptors (Lipinski definition) is 2. The summed E-state index contributed by atoms with van der Waals surface area (Å²) in [5, 5.41) is 2.62. The normalized spacial score (nSPS) is 10.9. The maximum atomic E-state index is 13.5. The summed E-state index contributed by atoms with van der Waals surface area (Å²) >= 11 is 0. The smallest absolute Gasteiger partial charge is 0.254 e. The Labute approximate surface area is 131 Å². The van der Waals surface area contributed by atoms with Crippen LogP contribution in [0, 0.1) is 11.6 Å². The van der Waals surface area contributed by atoms with Gasteiger partial charge in [-0.25, -0.2) is 13.8 Å². The van der Waals surface area contributed by atoms with Crippen molar-refractivity contribution in [1.82, 2.24) is 15.3 Å². The number of para-hydroxylation sites is 2. The number of fused-ring (bicyclic) bond motifs is 1. The van der Waals surface area contributed by atoms with Crippen LogP contribution in [0.25, 0.3) is 11.0 Å². The Morgan fingerprint density at radius 3 is 2.78 bits per heavy atom. The third kappa shape index (κ3) is 3.53. The van der Waals surface area contributed by atoms with E-state index in [1.807, 2.05) is 24.3 Å². The number of amides is 1. The molecule has 0 spiro atoms. The lowest BCUT2D eigenvalue weighted by molar-refractivity contribution is 0.0949. The molecule has 0 fully saturated rings. The van der Waals surface area contributed by atoms with Crippen molar-refractivity contribution >= 4 is 16.9 Å². The average molecular weight is 315 g/mol. The van der Waals surface area contributed by atoms with Gasteiger partial charge in [-0.05, 0) is 30.7 Å². The molecule has 2 N–H and O–H groups in total. The van der Waals surface area contributed by atoms with Crippen molar-refractivity contribution in [2.75, 3.05) is 6.54 Å². The first-order chi connectivity index (χ1) is 11.1. The Kier molecular flexibility index (Phi) is 4.32. The van der Waals surface area contributed by atoms with Gasteiger partial charge in [-0.3, -0.25) is 4.79 Å². The number of hydrogen-bond donors (Lipinski definition) is 2. The molecule has 0 unspecified atom stereocenters. The van der Waals surface area contributed by atoms with Crippen LogP contribution < -0.4 is 5.32 Å². The zero-order chi connectivity index (χ0) is 16.2. The number of H-pyrrole nitrogens is 1. The largest absolute Gasteiger partial charge is 0.352 e. The summed E-state index contributed by atoms with van der Waals surface area (Å²) in [6, 6.07) is 10.6. The first-order valence-corrected chi connectivity index (χ1v) is 7.30. The van der Waals surface area contributed by atoms with E-state index in [1.165, 1.54) is 0 Å². The third-order valence-electron chi connectivity index (χ3n) is 3.49. The number of rotatable bonds is 5. The van der Waals surface area contributed by atoms with E-state index in [9.17, 15) is 13.6 Å². The molecule has 0 radical (unpaired) electrons. The van der Waals surface area contributed by atoms with Crippen LogP contribution in [0.15, 0.2) is 42.5 Å². The summed E-state index contributed by atoms with van der Waals surface area (Å²) in [7, 11) is 0. The molecule has 1 heterocycles. The van der Waals surface area contributed by atoms with Crippen LogP contribution in [0.1, 0.15) is 22.6 Å². The van der Waals surface area contributed by atoms with Gasteiger partial charge in [-0.2, -0.15) is 0 Å². The van der Waals surface area contributed by atoms with Gasteiger partial charge in [0.15, 0.2) is 0 Å². The second kappa shape index (κ2) is 6.56. The maximum absolute atomic E-state index is 13.5. The zero-order valence-corrected chi connectivity index (χ0v) is 12.3. The second-order valence-electron chi connectivity index (χ2n) is 5.18. The fraction of sp³-hybridized carbons (Fsp3) is 0.176. The topological polar surface area (TPSA) is 57.8 Å². The lowest BCUT2D eigenvalue weighted by Crippen LogP contribution is -2.25. The van der Waals surface area contributed by atoms with Crippen molar-refractivity contribution in [3.05, 3.63) is 65.5 Å². The number of benzene rings is 2. The van der Waals surface area contributed by atoms with E-state index in [-0.39, 0.29) is 5.56 Å². The Bertz CT molecular complexity index is 812. The van der Waals surface area contributed by atoms with Gasteiger partial charge in [-0.1, -0.05) is 12.1 Å². The summed E-state index contributed by atoms with van der Waals surface area (Å²) in [6.07, 6.45) is 1.33. The summed E-state index contributed by atoms with van der Waals surface area (Å²) < 4.78 is 26.3. The highest BCUT2D eigenvalue weighted by Crippen LogP contribution is 2.11. The molecule has 1 amide bonds. The third-order valence-corrected chi connectivity index (χ3v) is 3.49. The van der Waals surface area contributed by atoms with E-state index in [2.05, 4.69) is 15.3 Å². The van der Waals surface area contributed by atoms with Crippen LogP contribution >= 0.6 is 0 Å². The van der Waals surface area contributed by atoms with Crippen molar-refractivity contribution in [2.45, 2.75) is 12.8 Å². The first kappa shape index (κ1) is 15.1. The van der Waals surface area contributed by atoms with E-state index in [4.69, 9.17) is 0 Å². The molecule has 0 saturated heterocycles. The predicted octanol–water partition coefficient (Wildman–Crippen LogP) is 3.20. The Hall–Kier alpha value is -2.76. The molecule has 0 aliphatic carbocycles. The zero-order valence-electron chi connectivity index (χ0n) is 12.3. The molecule has 23 heavy (non-hydrogen) atoms. The Morgan fingerprint density at radius 1 is 1.17 bits per heavy atom. The van der Waals surface area contributed by atoms with E-state index in [0.29, 0.717) is 25.5 Å². The maximum Gasteiger partial charge on any atom is 0.254 e. The van der Waals surface area contributed by atoms with Gasteiger partial charge < -0.3 is 10.3 Å². The summed E-state index contributed by atoms with van der Waals surface area (Å²) in [4.78, 5) is 19.5. The van der Waals surface area contributed by atoms with Gasteiger partial charge in [0.1, 0.15) is 17.5 Å². The lowest BCUT2D eigenvalue weighted by atomic mass is 10.2. The summed E-state index contributed by atoms with van der Waals surface area (Å²) in [5.74, 6) is -1.27. The molecule has 4 nitrogen and oxygen atoms in total. The van der Waals surface area contributed by atoms with Crippen LogP contribution in [0.3, 0.4) is 0 Å². The average Bonchev–Trinajstić information content (AvgIpc) is 2.94. The highest BCUT2D eigenvalue weighted by Gasteiger charge is 2.11. The number of aromatic nitrogens is 2. The number of imidazole rings is 1. The van der Waals surface area contributed by atoms with Crippen molar-refractivity contribution in [3.63, 3.8) is 0 Å². The van der Waals surface area contributed by atoms with Gasteiger partial charge in [0.05, 0.1) is 16.6 Å². The second-order valence-corrected chi connectivity index (χ2v) is 5.18. The molecule has 0 aliphatic heterocycles. The van der Waals surface area contributed by atoms with Crippen molar-refractivity contribution in [1.29, 1.82) is 0 Å². The van der Waals surface area contributed by atoms with Gasteiger partial charge in [-0.15, -0.1) is 0 Å². The monoisotopic (exact) mass is 315 g/mol. The molecule has 0 atom stereocenters. The van der Waals surface area contributed by atoms with Crippen molar-refractivity contribution in [2.24, 2.45) is 0 Å². The highest BCUT2D eigenvalue weighted by atomic mass is 19.1. The minimum atomic E-state index is -0.861. The molecule has 118 valence electrons. The van der Waals surface area contributed by atoms with Crippen LogP contribution in [0.5, 0.6) is 0 Å². The molecule has 6 heteroatoms. The quantitative estimate of drug-likeness (QED) is 0.710. The Balaban J connectivity index is 1.52. The first-order valence-electron chi connectivity index (χ1n) is 7.30. The summed E-state index contributed by atoms with van der Waals surface area (Å²) in [5.41, 5.74) is 1.72. The van der Waals surface area contributed by atoms with Crippen LogP contribution in [0.2, 0.25) is 0 Å². The molecule has 2 aromatic carbocycles. The molecule has 0 saturated carbocycles. The molecule has 0 bridgehead atoms. The van der Waals surface area contributed by atoms with Gasteiger partial charge in [0.2, 0.25) is 0 Å². The number of nitrogens with one attached hydrogen (secondary N) is 2. The number of carbonyl (C=O) groups is 1. The van der Waals surface area contributed by atoms with Gasteiger partial charge in [0, 0.05) is 19.0 Å². The fourth-order valence-corrected chi connectivity index (χ4v) is 2.35. The summed E-state index contributed by atoms with van der Waals surface area (Å²) in [6.45, 7) is 0.382. The highest BCUT2D eigenvalue weighted by molar-refractivity contribution is 5.94. The SMILES string of the molecule is O=C(NCCCc1nc2ccccc2[nH]1)c1ccc(F)cc1F. The van der Waals surface area contributed by atoms with E-state index in [1.54, 1.807) is 0 Å². The number of nitrogens with zero attached hydrogens (tertiary/aromatic N) is 1. The van der Waals surface area contributed by atoms with Crippen molar-refractivity contribution in [3.8, 4) is 0 Å². The molecular weight excluding hydrogens is 300 g/mol. The lowest BCUT2D eigenvalue weighted by Gasteiger charge is -2.05.